The summed E-state index contributed by atoms with van der Waals surface area (Å²) in [5.41, 5.74) is -1.98. The van der Waals surface area contributed by atoms with Crippen molar-refractivity contribution in [3.05, 3.63) is 24.8 Å². The molecule has 0 radical (unpaired) electrons. The van der Waals surface area contributed by atoms with Crippen molar-refractivity contribution < 1.29 is 66.7 Å². The number of alkyl halides is 10. The minimum absolute atomic E-state index is 0.0632. The van der Waals surface area contributed by atoms with Crippen LogP contribution in [0.25, 0.3) is 0 Å². The van der Waals surface area contributed by atoms with E-state index in [2.05, 4.69) is 48.1 Å². The van der Waals surface area contributed by atoms with Crippen LogP contribution in [0.15, 0.2) is 24.8 Å². The van der Waals surface area contributed by atoms with Gasteiger partial charge in [-0.05, 0) is 63.4 Å². The third-order valence-electron chi connectivity index (χ3n) is 12.1. The van der Waals surface area contributed by atoms with Crippen LogP contribution < -0.4 is 0 Å². The largest absolute Gasteiger partial charge is 0.466 e. The van der Waals surface area contributed by atoms with Gasteiger partial charge in [-0.15, -0.1) is 6.58 Å². The molecule has 344 valence electrons. The normalized spacial score (nSPS) is 16.2. The van der Waals surface area contributed by atoms with Crippen molar-refractivity contribution in [2.45, 2.75) is 216 Å². The number of carbonyl (C=O) groups excluding carboxylic acids is 1. The summed E-state index contributed by atoms with van der Waals surface area (Å²) in [5, 5.41) is 0. The molecule has 3 atom stereocenters. The quantitative estimate of drug-likeness (QED) is 0.0285. The van der Waals surface area contributed by atoms with Gasteiger partial charge in [0.05, 0.1) is 25.4 Å². The molecule has 0 amide bonds. The molecule has 0 rings (SSSR count). The molecule has 0 aliphatic rings. The first kappa shape index (κ1) is 56.8. The van der Waals surface area contributed by atoms with Gasteiger partial charge in [0.1, 0.15) is 0 Å². The summed E-state index contributed by atoms with van der Waals surface area (Å²) in [7, 11) is -9.16. The van der Waals surface area contributed by atoms with Crippen molar-refractivity contribution in [3.8, 4) is 0 Å². The predicted molar refractivity (Wildman–Crippen MR) is 219 cm³/mol. The molecule has 5 nitrogen and oxygen atoms in total. The van der Waals surface area contributed by atoms with Crippen LogP contribution in [-0.2, 0) is 22.8 Å². The van der Waals surface area contributed by atoms with Gasteiger partial charge in [0.15, 0.2) is 16.6 Å². The number of methoxy groups -OCH3 is 1. The van der Waals surface area contributed by atoms with Crippen LogP contribution in [0, 0.1) is 0 Å². The average Bonchev–Trinajstić information content (AvgIpc) is 3.05. The number of rotatable bonds is 26. The van der Waals surface area contributed by atoms with Crippen molar-refractivity contribution in [2.75, 3.05) is 7.11 Å². The zero-order valence-corrected chi connectivity index (χ0v) is 40.3. The standard InChI is InChI=1S/C40H72F10O5Si3/c1-17-18-33(53-58(30(10)11,31(12)13)32(14)15)25-35(55-57(28(6)7,29(8)9)24-22-38(43,44)40(48,49)50)34(19-20-36(51)52-16)54-56(26(2)3,27(4)5)23-21-37(41,42)39(45,46)47/h17,19-20,26-35H,1,18,21-25H2,2-16H3/t33-,34+,35-/m0/s1. The Balaban J connectivity index is 8.28. The fourth-order valence-corrected chi connectivity index (χ4v) is 23.6. The number of hydrogen-bond acceptors (Lipinski definition) is 5. The summed E-state index contributed by atoms with van der Waals surface area (Å²) < 4.78 is 166. The Bertz CT molecular complexity index is 1250. The fourth-order valence-electron chi connectivity index (χ4n) is 8.74. The molecule has 0 bridgehead atoms. The van der Waals surface area contributed by atoms with E-state index in [9.17, 15) is 48.7 Å². The molecule has 0 aliphatic heterocycles. The highest BCUT2D eigenvalue weighted by molar-refractivity contribution is 6.78. The van der Waals surface area contributed by atoms with Gasteiger partial charge in [-0.1, -0.05) is 103 Å². The van der Waals surface area contributed by atoms with Crippen molar-refractivity contribution in [1.82, 2.24) is 0 Å². The summed E-state index contributed by atoms with van der Waals surface area (Å²) in [4.78, 5) is 12.7. The number of ether oxygens (including phenoxy) is 1. The van der Waals surface area contributed by atoms with Crippen molar-refractivity contribution in [3.63, 3.8) is 0 Å². The lowest BCUT2D eigenvalue weighted by molar-refractivity contribution is -0.283. The average molecular weight is 907 g/mol. The minimum atomic E-state index is -5.83. The van der Waals surface area contributed by atoms with Crippen molar-refractivity contribution in [1.29, 1.82) is 0 Å². The van der Waals surface area contributed by atoms with Gasteiger partial charge in [0.25, 0.3) is 0 Å². The Labute approximate surface area is 344 Å². The molecule has 0 saturated carbocycles. The predicted octanol–water partition coefficient (Wildman–Crippen LogP) is 14.7. The summed E-state index contributed by atoms with van der Waals surface area (Å²) in [5.74, 6) is -10.9. The van der Waals surface area contributed by atoms with Crippen LogP contribution in [0.1, 0.15) is 123 Å². The van der Waals surface area contributed by atoms with Gasteiger partial charge in [-0.2, -0.15) is 43.9 Å². The number of esters is 1. The van der Waals surface area contributed by atoms with E-state index in [1.165, 1.54) is 6.08 Å². The Morgan fingerprint density at radius 2 is 0.948 bits per heavy atom. The third kappa shape index (κ3) is 14.2. The number of halogens is 10. The molecule has 0 spiro atoms. The number of carbonyl (C=O) groups is 1. The third-order valence-corrected chi connectivity index (χ3v) is 29.6. The molecule has 0 aromatic rings. The smallest absolute Gasteiger partial charge is 0.453 e. The Hall–Kier alpha value is -1.22. The highest BCUT2D eigenvalue weighted by Crippen LogP contribution is 2.50. The van der Waals surface area contributed by atoms with Gasteiger partial charge in [-0.3, -0.25) is 0 Å². The van der Waals surface area contributed by atoms with E-state index < -0.39 is 121 Å². The maximum absolute atomic E-state index is 14.7. The first-order chi connectivity index (χ1) is 26.1. The minimum Gasteiger partial charge on any atom is -0.466 e. The first-order valence-electron chi connectivity index (χ1n) is 20.4. The zero-order valence-electron chi connectivity index (χ0n) is 37.3. The Morgan fingerprint density at radius 1 is 0.586 bits per heavy atom. The molecule has 0 fully saturated rings. The van der Waals surface area contributed by atoms with Gasteiger partial charge < -0.3 is 18.0 Å². The molecule has 58 heavy (non-hydrogen) atoms. The van der Waals surface area contributed by atoms with Crippen molar-refractivity contribution in [2.24, 2.45) is 0 Å². The summed E-state index contributed by atoms with van der Waals surface area (Å²) in [6.45, 7) is 29.7. The zero-order chi connectivity index (χ0) is 46.0. The van der Waals surface area contributed by atoms with E-state index in [-0.39, 0.29) is 29.5 Å². The topological polar surface area (TPSA) is 54.0 Å². The molecule has 0 N–H and O–H groups in total. The van der Waals surface area contributed by atoms with E-state index in [0.717, 1.165) is 13.2 Å². The molecule has 18 heteroatoms. The first-order valence-corrected chi connectivity index (χ1v) is 27.1. The molecule has 0 aromatic carbocycles. The number of hydrogen-bond donors (Lipinski definition) is 0. The van der Waals surface area contributed by atoms with E-state index in [4.69, 9.17) is 18.0 Å². The van der Waals surface area contributed by atoms with Crippen LogP contribution >= 0.6 is 0 Å². The molecule has 0 aliphatic carbocycles. The SMILES string of the molecule is C=CC[C@@H](C[C@H](O[Si](CCC(F)(F)C(F)(F)F)(C(C)C)C(C)C)[C@@H](C=CC(=O)OC)O[Si](CCC(F)(F)C(F)(F)F)(C(C)C)C(C)C)O[Si](C(C)C)(C(C)C)C(C)C. The lowest BCUT2D eigenvalue weighted by atomic mass is 10.0. The van der Waals surface area contributed by atoms with E-state index in [1.54, 1.807) is 61.5 Å². The lowest BCUT2D eigenvalue weighted by Crippen LogP contribution is -2.56. The van der Waals surface area contributed by atoms with Crippen LogP contribution in [0.5, 0.6) is 0 Å². The highest BCUT2D eigenvalue weighted by atomic mass is 28.4. The molecule has 0 heterocycles. The fraction of sp³-hybridized carbons (Fsp3) is 0.875. The van der Waals surface area contributed by atoms with E-state index >= 15 is 0 Å². The molecular weight excluding hydrogens is 835 g/mol. The maximum Gasteiger partial charge on any atom is 0.453 e. The summed E-state index contributed by atoms with van der Waals surface area (Å²) >= 11 is 0. The molecule has 0 saturated heterocycles. The maximum atomic E-state index is 14.7. The van der Waals surface area contributed by atoms with Crippen LogP contribution in [0.3, 0.4) is 0 Å². The van der Waals surface area contributed by atoms with Crippen LogP contribution in [0.2, 0.25) is 50.9 Å². The lowest BCUT2D eigenvalue weighted by Gasteiger charge is -2.49. The van der Waals surface area contributed by atoms with Crippen LogP contribution in [-0.4, -0.2) is 80.5 Å². The monoisotopic (exact) mass is 906 g/mol. The second-order valence-corrected chi connectivity index (χ2v) is 33.2. The summed E-state index contributed by atoms with van der Waals surface area (Å²) in [6.07, 6.45) is -14.0. The van der Waals surface area contributed by atoms with Crippen LogP contribution in [0.4, 0.5) is 43.9 Å². The molecule has 0 unspecified atom stereocenters. The highest BCUT2D eigenvalue weighted by Gasteiger charge is 2.61. The molecular formula is C40H72F10O5Si3. The van der Waals surface area contributed by atoms with Gasteiger partial charge in [-0.25, -0.2) is 4.79 Å². The van der Waals surface area contributed by atoms with Crippen molar-refractivity contribution >= 4 is 30.9 Å². The van der Waals surface area contributed by atoms with E-state index in [0.29, 0.717) is 0 Å². The van der Waals surface area contributed by atoms with Gasteiger partial charge in [0, 0.05) is 25.3 Å². The second kappa shape index (κ2) is 22.2. The van der Waals surface area contributed by atoms with Gasteiger partial charge in [0.2, 0.25) is 8.32 Å². The Morgan fingerprint density at radius 3 is 1.24 bits per heavy atom. The molecule has 0 aromatic heterocycles. The Kier molecular flexibility index (Phi) is 21.8. The second-order valence-electron chi connectivity index (χ2n) is 17.9. The summed E-state index contributed by atoms with van der Waals surface area (Å²) in [6, 6.07) is -1.29. The van der Waals surface area contributed by atoms with E-state index in [1.807, 2.05) is 0 Å². The van der Waals surface area contributed by atoms with Gasteiger partial charge >= 0.3 is 30.2 Å².